The molecule has 5 nitrogen and oxygen atoms in total. The van der Waals surface area contributed by atoms with Crippen LogP contribution in [0.25, 0.3) is 0 Å². The van der Waals surface area contributed by atoms with Crippen LogP contribution in [0.15, 0.2) is 24.3 Å². The lowest BCUT2D eigenvalue weighted by Gasteiger charge is -2.31. The van der Waals surface area contributed by atoms with Crippen LogP contribution >= 0.6 is 0 Å². The van der Waals surface area contributed by atoms with E-state index in [-0.39, 0.29) is 17.7 Å². The van der Waals surface area contributed by atoms with Gasteiger partial charge >= 0.3 is 0 Å². The number of quaternary nitrogens is 1. The van der Waals surface area contributed by atoms with Crippen molar-refractivity contribution in [2.24, 2.45) is 5.92 Å². The van der Waals surface area contributed by atoms with Crippen molar-refractivity contribution in [1.82, 2.24) is 10.6 Å². The van der Waals surface area contributed by atoms with Crippen LogP contribution in [0.3, 0.4) is 0 Å². The van der Waals surface area contributed by atoms with Crippen LogP contribution in [0.4, 0.5) is 0 Å². The molecular formula is C22H34N3O2+. The fraction of sp³-hybridized carbons (Fsp3) is 0.636. The van der Waals surface area contributed by atoms with Gasteiger partial charge in [0.05, 0.1) is 13.1 Å². The first-order valence-corrected chi connectivity index (χ1v) is 10.6. The van der Waals surface area contributed by atoms with Gasteiger partial charge in [0.1, 0.15) is 0 Å². The van der Waals surface area contributed by atoms with Gasteiger partial charge in [-0.2, -0.15) is 0 Å². The molecule has 1 saturated carbocycles. The summed E-state index contributed by atoms with van der Waals surface area (Å²) in [6, 6.07) is 8.54. The molecule has 0 aromatic heterocycles. The molecule has 148 valence electrons. The minimum absolute atomic E-state index is 0.107. The van der Waals surface area contributed by atoms with Crippen LogP contribution in [0, 0.1) is 12.8 Å². The molecule has 27 heavy (non-hydrogen) atoms. The van der Waals surface area contributed by atoms with Crippen LogP contribution in [-0.2, 0) is 16.1 Å². The number of carbonyl (C=O) groups is 2. The van der Waals surface area contributed by atoms with Gasteiger partial charge in [0, 0.05) is 31.3 Å². The lowest BCUT2D eigenvalue weighted by Crippen LogP contribution is -3.14. The highest BCUT2D eigenvalue weighted by Crippen LogP contribution is 2.23. The van der Waals surface area contributed by atoms with E-state index in [9.17, 15) is 9.59 Å². The van der Waals surface area contributed by atoms with E-state index >= 15 is 0 Å². The third-order valence-electron chi connectivity index (χ3n) is 6.04. The van der Waals surface area contributed by atoms with Crippen molar-refractivity contribution >= 4 is 11.8 Å². The second-order valence-electron chi connectivity index (χ2n) is 8.31. The molecule has 1 aliphatic heterocycles. The predicted molar refractivity (Wildman–Crippen MR) is 106 cm³/mol. The molecule has 1 aromatic carbocycles. The van der Waals surface area contributed by atoms with E-state index < -0.39 is 0 Å². The molecule has 2 fully saturated rings. The highest BCUT2D eigenvalue weighted by atomic mass is 16.2. The number of piperidine rings is 1. The Morgan fingerprint density at radius 1 is 1.00 bits per heavy atom. The molecule has 1 aromatic rings. The fourth-order valence-electron chi connectivity index (χ4n) is 4.23. The summed E-state index contributed by atoms with van der Waals surface area (Å²) < 4.78 is 0. The van der Waals surface area contributed by atoms with Gasteiger partial charge < -0.3 is 15.5 Å². The van der Waals surface area contributed by atoms with Gasteiger partial charge in [-0.1, -0.05) is 49.1 Å². The van der Waals surface area contributed by atoms with Crippen LogP contribution in [0.1, 0.15) is 56.1 Å². The third kappa shape index (κ3) is 6.35. The molecule has 3 N–H and O–H groups in total. The van der Waals surface area contributed by atoms with Gasteiger partial charge in [-0.25, -0.2) is 0 Å². The standard InChI is InChI=1S/C22H33N3O2/c1-17-7-9-18(10-8-17)15-23-21(26)16-25-13-11-20(12-14-25)24-22(27)19-5-3-2-4-6-19/h7-10,19-20H,2-6,11-16H2,1H3,(H,23,26)(H,24,27)/p+1. The minimum Gasteiger partial charge on any atom is -0.353 e. The number of aryl methyl sites for hydroxylation is 1. The minimum atomic E-state index is 0.107. The predicted octanol–water partition coefficient (Wildman–Crippen LogP) is 1.36. The largest absolute Gasteiger partial charge is 0.353 e. The first kappa shape index (κ1) is 19.9. The van der Waals surface area contributed by atoms with Crippen molar-refractivity contribution in [2.45, 2.75) is 64.5 Å². The summed E-state index contributed by atoms with van der Waals surface area (Å²) in [6.45, 7) is 5.08. The zero-order valence-electron chi connectivity index (χ0n) is 16.6. The Kier molecular flexibility index (Phi) is 7.27. The number of hydrogen-bond donors (Lipinski definition) is 3. The van der Waals surface area contributed by atoms with Gasteiger partial charge in [-0.3, -0.25) is 9.59 Å². The van der Waals surface area contributed by atoms with E-state index in [0.29, 0.717) is 19.1 Å². The summed E-state index contributed by atoms with van der Waals surface area (Å²) in [4.78, 5) is 25.9. The molecule has 1 aliphatic carbocycles. The van der Waals surface area contributed by atoms with Gasteiger partial charge in [-0.15, -0.1) is 0 Å². The number of carbonyl (C=O) groups excluding carboxylic acids is 2. The Bertz CT molecular complexity index is 615. The highest BCUT2D eigenvalue weighted by molar-refractivity contribution is 5.79. The van der Waals surface area contributed by atoms with E-state index in [0.717, 1.165) is 44.3 Å². The zero-order chi connectivity index (χ0) is 19.1. The molecule has 0 radical (unpaired) electrons. The average molecular weight is 373 g/mol. The van der Waals surface area contributed by atoms with Gasteiger partial charge in [0.15, 0.2) is 6.54 Å². The van der Waals surface area contributed by atoms with E-state index in [1.807, 2.05) is 0 Å². The number of benzene rings is 1. The van der Waals surface area contributed by atoms with Crippen LogP contribution < -0.4 is 15.5 Å². The number of nitrogens with one attached hydrogen (secondary N) is 3. The topological polar surface area (TPSA) is 62.6 Å². The summed E-state index contributed by atoms with van der Waals surface area (Å²) in [6.07, 6.45) is 7.71. The number of amides is 2. The van der Waals surface area contributed by atoms with Crippen molar-refractivity contribution in [3.63, 3.8) is 0 Å². The second-order valence-corrected chi connectivity index (χ2v) is 8.31. The Labute approximate surface area is 162 Å². The van der Waals surface area contributed by atoms with Gasteiger partial charge in [0.25, 0.3) is 5.91 Å². The van der Waals surface area contributed by atoms with E-state index in [1.165, 1.54) is 29.7 Å². The van der Waals surface area contributed by atoms with Gasteiger partial charge in [-0.05, 0) is 25.3 Å². The smallest absolute Gasteiger partial charge is 0.275 e. The van der Waals surface area contributed by atoms with E-state index in [2.05, 4.69) is 41.8 Å². The Morgan fingerprint density at radius 3 is 2.33 bits per heavy atom. The molecule has 1 saturated heterocycles. The lowest BCUT2D eigenvalue weighted by molar-refractivity contribution is -0.897. The van der Waals surface area contributed by atoms with Gasteiger partial charge in [0.2, 0.25) is 5.91 Å². The molecule has 0 atom stereocenters. The Hall–Kier alpha value is -1.88. The number of likely N-dealkylation sites (tertiary alicyclic amines) is 1. The van der Waals surface area contributed by atoms with Crippen LogP contribution in [0.2, 0.25) is 0 Å². The molecule has 0 bridgehead atoms. The molecule has 3 rings (SSSR count). The molecule has 0 unspecified atom stereocenters. The van der Waals surface area contributed by atoms with Crippen LogP contribution in [0.5, 0.6) is 0 Å². The summed E-state index contributed by atoms with van der Waals surface area (Å²) in [7, 11) is 0. The maximum atomic E-state index is 12.4. The summed E-state index contributed by atoms with van der Waals surface area (Å²) in [5.41, 5.74) is 2.36. The molecular weight excluding hydrogens is 338 g/mol. The molecule has 2 aliphatic rings. The molecule has 5 heteroatoms. The number of hydrogen-bond acceptors (Lipinski definition) is 2. The molecule has 1 heterocycles. The third-order valence-corrected chi connectivity index (χ3v) is 6.04. The normalized spacial score (nSPS) is 23.6. The summed E-state index contributed by atoms with van der Waals surface area (Å²) in [5.74, 6) is 0.603. The van der Waals surface area contributed by atoms with E-state index in [1.54, 1.807) is 0 Å². The summed E-state index contributed by atoms with van der Waals surface area (Å²) >= 11 is 0. The lowest BCUT2D eigenvalue weighted by atomic mass is 9.88. The number of rotatable bonds is 6. The quantitative estimate of drug-likeness (QED) is 0.706. The second kappa shape index (κ2) is 9.88. The maximum absolute atomic E-state index is 12.4. The fourth-order valence-corrected chi connectivity index (χ4v) is 4.23. The molecule has 2 amide bonds. The van der Waals surface area contributed by atoms with Crippen molar-refractivity contribution in [2.75, 3.05) is 19.6 Å². The SMILES string of the molecule is Cc1ccc(CNC(=O)C[NH+]2CCC(NC(=O)C3CCCCC3)CC2)cc1. The first-order valence-electron chi connectivity index (χ1n) is 10.6. The monoisotopic (exact) mass is 372 g/mol. The van der Waals surface area contributed by atoms with Crippen molar-refractivity contribution in [1.29, 1.82) is 0 Å². The first-order chi connectivity index (χ1) is 13.1. The van der Waals surface area contributed by atoms with Crippen LogP contribution in [-0.4, -0.2) is 37.5 Å². The zero-order valence-corrected chi connectivity index (χ0v) is 16.6. The summed E-state index contributed by atoms with van der Waals surface area (Å²) in [5, 5.41) is 6.28. The van der Waals surface area contributed by atoms with Crippen molar-refractivity contribution in [3.05, 3.63) is 35.4 Å². The van der Waals surface area contributed by atoms with E-state index in [4.69, 9.17) is 0 Å². The van der Waals surface area contributed by atoms with Crippen molar-refractivity contribution in [3.8, 4) is 0 Å². The Morgan fingerprint density at radius 2 is 1.67 bits per heavy atom. The average Bonchev–Trinajstić information content (AvgIpc) is 2.70. The Balaban J connectivity index is 1.33. The maximum Gasteiger partial charge on any atom is 0.275 e. The van der Waals surface area contributed by atoms with Crippen molar-refractivity contribution < 1.29 is 14.5 Å². The highest BCUT2D eigenvalue weighted by Gasteiger charge is 2.28. The molecule has 0 spiro atoms.